The molecule has 0 aliphatic carbocycles. The van der Waals surface area contributed by atoms with Crippen molar-refractivity contribution in [2.24, 2.45) is 5.92 Å². The van der Waals surface area contributed by atoms with Crippen LogP contribution in [0.25, 0.3) is 5.52 Å². The molecule has 1 aliphatic heterocycles. The Kier molecular flexibility index (Phi) is 4.83. The van der Waals surface area contributed by atoms with Crippen molar-refractivity contribution in [1.82, 2.24) is 14.5 Å². The van der Waals surface area contributed by atoms with Gasteiger partial charge in [-0.25, -0.2) is 4.52 Å². The van der Waals surface area contributed by atoms with E-state index in [1.165, 1.54) is 0 Å². The Morgan fingerprint density at radius 2 is 2.21 bits per heavy atom. The number of carbonyl (C=O) groups is 2. The summed E-state index contributed by atoms with van der Waals surface area (Å²) in [7, 11) is 0. The summed E-state index contributed by atoms with van der Waals surface area (Å²) in [5, 5.41) is 4.25. The first-order valence-electron chi connectivity index (χ1n) is 8.48. The average molecular weight is 329 g/mol. The Morgan fingerprint density at radius 1 is 1.38 bits per heavy atom. The first-order chi connectivity index (χ1) is 11.6. The molecule has 24 heavy (non-hydrogen) atoms. The van der Waals surface area contributed by atoms with Crippen LogP contribution in [-0.2, 0) is 4.79 Å². The molecule has 0 spiro atoms. The smallest absolute Gasteiger partial charge is 0.222 e. The molecule has 3 rings (SSSR count). The molecular weight excluding hydrogens is 306 g/mol. The summed E-state index contributed by atoms with van der Waals surface area (Å²) in [4.78, 5) is 25.6. The van der Waals surface area contributed by atoms with E-state index in [2.05, 4.69) is 5.10 Å². The van der Waals surface area contributed by atoms with Gasteiger partial charge in [-0.2, -0.15) is 5.10 Å². The fourth-order valence-corrected chi connectivity index (χ4v) is 2.94. The van der Waals surface area contributed by atoms with Crippen LogP contribution < -0.4 is 4.74 Å². The molecule has 2 aromatic rings. The minimum absolute atomic E-state index is 0.0535. The van der Waals surface area contributed by atoms with Gasteiger partial charge in [0.25, 0.3) is 0 Å². The minimum atomic E-state index is -0.0535. The quantitative estimate of drug-likeness (QED) is 0.578. The largest absolute Gasteiger partial charge is 0.492 e. The number of aromatic nitrogens is 2. The van der Waals surface area contributed by atoms with Gasteiger partial charge in [0.1, 0.15) is 5.75 Å². The molecule has 0 radical (unpaired) electrons. The number of fused-ring (bicyclic) bond motifs is 1. The van der Waals surface area contributed by atoms with Gasteiger partial charge in [0.05, 0.1) is 30.1 Å². The molecule has 128 valence electrons. The second-order valence-corrected chi connectivity index (χ2v) is 6.46. The lowest BCUT2D eigenvalue weighted by molar-refractivity contribution is -0.127. The molecule has 0 bridgehead atoms. The highest BCUT2D eigenvalue weighted by Gasteiger charge is 2.19. The Balaban J connectivity index is 1.58. The summed E-state index contributed by atoms with van der Waals surface area (Å²) in [5.41, 5.74) is 1.44. The maximum absolute atomic E-state index is 12.2. The maximum Gasteiger partial charge on any atom is 0.222 e. The second kappa shape index (κ2) is 7.03. The van der Waals surface area contributed by atoms with Crippen molar-refractivity contribution in [2.45, 2.75) is 33.1 Å². The lowest BCUT2D eigenvalue weighted by Gasteiger charge is -2.15. The van der Waals surface area contributed by atoms with Gasteiger partial charge < -0.3 is 9.64 Å². The summed E-state index contributed by atoms with van der Waals surface area (Å²) < 4.78 is 7.42. The van der Waals surface area contributed by atoms with E-state index in [4.69, 9.17) is 4.74 Å². The first-order valence-corrected chi connectivity index (χ1v) is 8.48. The van der Waals surface area contributed by atoms with E-state index in [1.54, 1.807) is 16.9 Å². The van der Waals surface area contributed by atoms with Crippen molar-refractivity contribution >= 4 is 17.2 Å². The van der Waals surface area contributed by atoms with Crippen LogP contribution in [0.4, 0.5) is 0 Å². The van der Waals surface area contributed by atoms with Crippen molar-refractivity contribution in [3.8, 4) is 5.75 Å². The van der Waals surface area contributed by atoms with Crippen LogP contribution >= 0.6 is 0 Å². The standard InChI is InChI=1S/C18H23N3O3/c1-13(2)18(23)15-11-19-21-12-14(6-7-16(15)21)24-10-4-9-20-8-3-5-17(20)22/h6-7,11-13H,3-5,8-10H2,1-2H3. The van der Waals surface area contributed by atoms with Crippen LogP contribution in [0.2, 0.25) is 0 Å². The Hall–Kier alpha value is -2.37. The van der Waals surface area contributed by atoms with Crippen LogP contribution in [0, 0.1) is 5.92 Å². The topological polar surface area (TPSA) is 63.9 Å². The molecule has 0 atom stereocenters. The highest BCUT2D eigenvalue weighted by molar-refractivity contribution is 6.03. The van der Waals surface area contributed by atoms with Gasteiger partial charge in [0, 0.05) is 25.4 Å². The van der Waals surface area contributed by atoms with E-state index < -0.39 is 0 Å². The molecule has 6 nitrogen and oxygen atoms in total. The lowest BCUT2D eigenvalue weighted by atomic mass is 10.0. The van der Waals surface area contributed by atoms with Gasteiger partial charge in [-0.1, -0.05) is 13.8 Å². The summed E-state index contributed by atoms with van der Waals surface area (Å²) in [6.07, 6.45) is 5.84. The van der Waals surface area contributed by atoms with E-state index in [0.29, 0.717) is 24.3 Å². The Labute approximate surface area is 141 Å². The molecule has 0 saturated carbocycles. The number of ketones is 1. The third-order valence-electron chi connectivity index (χ3n) is 4.29. The molecule has 6 heteroatoms. The number of carbonyl (C=O) groups excluding carboxylic acids is 2. The fourth-order valence-electron chi connectivity index (χ4n) is 2.94. The number of hydrogen-bond acceptors (Lipinski definition) is 4. The van der Waals surface area contributed by atoms with Crippen molar-refractivity contribution in [3.63, 3.8) is 0 Å². The number of Topliss-reactive ketones (excluding diaryl/α,β-unsaturated/α-hetero) is 1. The zero-order valence-electron chi connectivity index (χ0n) is 14.2. The summed E-state index contributed by atoms with van der Waals surface area (Å²) >= 11 is 0. The molecule has 0 aromatic carbocycles. The van der Waals surface area contributed by atoms with Crippen molar-refractivity contribution < 1.29 is 14.3 Å². The predicted octanol–water partition coefficient (Wildman–Crippen LogP) is 2.56. The van der Waals surface area contributed by atoms with Gasteiger partial charge in [-0.3, -0.25) is 9.59 Å². The summed E-state index contributed by atoms with van der Waals surface area (Å²) in [5.74, 6) is 0.994. The summed E-state index contributed by atoms with van der Waals surface area (Å²) in [6, 6.07) is 3.72. The van der Waals surface area contributed by atoms with Gasteiger partial charge >= 0.3 is 0 Å². The van der Waals surface area contributed by atoms with E-state index in [0.717, 1.165) is 31.4 Å². The van der Waals surface area contributed by atoms with Crippen LogP contribution in [-0.4, -0.2) is 45.9 Å². The average Bonchev–Trinajstić information content (AvgIpc) is 3.16. The number of ether oxygens (including phenoxy) is 1. The van der Waals surface area contributed by atoms with Crippen molar-refractivity contribution in [1.29, 1.82) is 0 Å². The van der Waals surface area contributed by atoms with Crippen LogP contribution in [0.1, 0.15) is 43.5 Å². The number of pyridine rings is 1. The number of amides is 1. The van der Waals surface area contributed by atoms with E-state index >= 15 is 0 Å². The molecular formula is C18H23N3O3. The zero-order chi connectivity index (χ0) is 17.1. The normalized spacial score (nSPS) is 14.8. The molecule has 1 amide bonds. The highest BCUT2D eigenvalue weighted by Crippen LogP contribution is 2.19. The SMILES string of the molecule is CC(C)C(=O)c1cnn2cc(OCCCN3CCCC3=O)ccc12. The summed E-state index contributed by atoms with van der Waals surface area (Å²) in [6.45, 7) is 5.93. The lowest BCUT2D eigenvalue weighted by Crippen LogP contribution is -2.26. The van der Waals surface area contributed by atoms with Gasteiger partial charge in [0.15, 0.2) is 5.78 Å². The van der Waals surface area contributed by atoms with Crippen LogP contribution in [0.5, 0.6) is 5.75 Å². The third-order valence-corrected chi connectivity index (χ3v) is 4.29. The van der Waals surface area contributed by atoms with Crippen molar-refractivity contribution in [2.75, 3.05) is 19.7 Å². The molecule has 1 saturated heterocycles. The monoisotopic (exact) mass is 329 g/mol. The number of likely N-dealkylation sites (tertiary alicyclic amines) is 1. The molecule has 2 aromatic heterocycles. The van der Waals surface area contributed by atoms with Crippen LogP contribution in [0.3, 0.4) is 0 Å². The zero-order valence-corrected chi connectivity index (χ0v) is 14.2. The Morgan fingerprint density at radius 3 is 2.92 bits per heavy atom. The maximum atomic E-state index is 12.2. The van der Waals surface area contributed by atoms with E-state index in [9.17, 15) is 9.59 Å². The first kappa shape index (κ1) is 16.5. The van der Waals surface area contributed by atoms with Gasteiger partial charge in [0.2, 0.25) is 5.91 Å². The fraction of sp³-hybridized carbons (Fsp3) is 0.500. The molecule has 0 unspecified atom stereocenters. The number of rotatable bonds is 7. The number of hydrogen-bond donors (Lipinski definition) is 0. The predicted molar refractivity (Wildman–Crippen MR) is 90.3 cm³/mol. The second-order valence-electron chi connectivity index (χ2n) is 6.46. The molecule has 1 aliphatic rings. The Bertz CT molecular complexity index is 751. The molecule has 3 heterocycles. The van der Waals surface area contributed by atoms with Crippen LogP contribution in [0.15, 0.2) is 24.5 Å². The molecule has 1 fully saturated rings. The van der Waals surface area contributed by atoms with Gasteiger partial charge in [-0.15, -0.1) is 0 Å². The van der Waals surface area contributed by atoms with E-state index in [-0.39, 0.29) is 17.6 Å². The highest BCUT2D eigenvalue weighted by atomic mass is 16.5. The van der Waals surface area contributed by atoms with Crippen molar-refractivity contribution in [3.05, 3.63) is 30.1 Å². The number of nitrogens with zero attached hydrogens (tertiary/aromatic N) is 3. The van der Waals surface area contributed by atoms with Gasteiger partial charge in [-0.05, 0) is 25.0 Å². The molecule has 0 N–H and O–H groups in total. The third kappa shape index (κ3) is 3.42. The minimum Gasteiger partial charge on any atom is -0.492 e. The van der Waals surface area contributed by atoms with E-state index in [1.807, 2.05) is 30.9 Å².